The lowest BCUT2D eigenvalue weighted by Gasteiger charge is -2.33. The maximum absolute atomic E-state index is 13.4. The van der Waals surface area contributed by atoms with Gasteiger partial charge in [0.1, 0.15) is 18.1 Å². The third-order valence-corrected chi connectivity index (χ3v) is 6.56. The molecule has 0 saturated carbocycles. The van der Waals surface area contributed by atoms with Gasteiger partial charge in [-0.3, -0.25) is 14.4 Å². The molecule has 4 N–H and O–H groups in total. The van der Waals surface area contributed by atoms with Crippen molar-refractivity contribution in [2.24, 2.45) is 11.7 Å². The van der Waals surface area contributed by atoms with Crippen molar-refractivity contribution in [3.63, 3.8) is 0 Å². The van der Waals surface area contributed by atoms with Crippen molar-refractivity contribution >= 4 is 23.7 Å². The number of amides is 3. The highest BCUT2D eigenvalue weighted by molar-refractivity contribution is 5.95. The molecule has 2 fully saturated rings. The quantitative estimate of drug-likeness (QED) is 0.527. The summed E-state index contributed by atoms with van der Waals surface area (Å²) in [6.07, 6.45) is 2.50. The van der Waals surface area contributed by atoms with E-state index < -0.39 is 36.0 Å². The molecule has 3 rings (SSSR count). The molecular weight excluding hydrogens is 424 g/mol. The maximum Gasteiger partial charge on any atom is 0.326 e. The number of nitrogens with zero attached hydrogens (tertiary/aromatic N) is 2. The average molecular weight is 459 g/mol. The molecule has 3 amide bonds. The van der Waals surface area contributed by atoms with E-state index in [2.05, 4.69) is 5.32 Å². The summed E-state index contributed by atoms with van der Waals surface area (Å²) in [4.78, 5) is 54.0. The topological polar surface area (TPSA) is 133 Å². The summed E-state index contributed by atoms with van der Waals surface area (Å²) >= 11 is 0. The van der Waals surface area contributed by atoms with Crippen LogP contribution in [0.5, 0.6) is 0 Å². The Kier molecular flexibility index (Phi) is 8.07. The molecule has 4 atom stereocenters. The number of hydrogen-bond donors (Lipinski definition) is 3. The Balaban J connectivity index is 1.68. The van der Waals surface area contributed by atoms with Crippen LogP contribution >= 0.6 is 0 Å². The van der Waals surface area contributed by atoms with Crippen LogP contribution in [0, 0.1) is 5.92 Å². The molecule has 0 aromatic heterocycles. The monoisotopic (exact) mass is 458 g/mol. The number of likely N-dealkylation sites (tertiary alicyclic amines) is 2. The van der Waals surface area contributed by atoms with E-state index in [4.69, 9.17) is 5.73 Å². The largest absolute Gasteiger partial charge is 0.480 e. The second-order valence-corrected chi connectivity index (χ2v) is 9.24. The Hall–Kier alpha value is -2.94. The van der Waals surface area contributed by atoms with Crippen LogP contribution in [0.25, 0.3) is 0 Å². The van der Waals surface area contributed by atoms with E-state index >= 15 is 0 Å². The second-order valence-electron chi connectivity index (χ2n) is 9.24. The first kappa shape index (κ1) is 24.7. The molecule has 33 heavy (non-hydrogen) atoms. The van der Waals surface area contributed by atoms with E-state index in [1.165, 1.54) is 4.90 Å². The second kappa shape index (κ2) is 10.8. The summed E-state index contributed by atoms with van der Waals surface area (Å²) < 4.78 is 0. The van der Waals surface area contributed by atoms with E-state index in [1.807, 2.05) is 32.0 Å². The first-order valence-corrected chi connectivity index (χ1v) is 11.6. The Morgan fingerprint density at radius 3 is 2.24 bits per heavy atom. The van der Waals surface area contributed by atoms with Crippen molar-refractivity contribution in [2.75, 3.05) is 13.1 Å². The molecule has 180 valence electrons. The van der Waals surface area contributed by atoms with Gasteiger partial charge < -0.3 is 26.0 Å². The van der Waals surface area contributed by atoms with Crippen molar-refractivity contribution in [3.8, 4) is 0 Å². The van der Waals surface area contributed by atoms with Crippen LogP contribution in [0.4, 0.5) is 0 Å². The molecule has 0 aliphatic carbocycles. The molecule has 2 aliphatic heterocycles. The minimum Gasteiger partial charge on any atom is -0.480 e. The zero-order chi connectivity index (χ0) is 24.1. The molecule has 0 bridgehead atoms. The fraction of sp³-hybridized carbons (Fsp3) is 0.583. The highest BCUT2D eigenvalue weighted by Gasteiger charge is 2.43. The average Bonchev–Trinajstić information content (AvgIpc) is 3.47. The van der Waals surface area contributed by atoms with Crippen molar-refractivity contribution in [3.05, 3.63) is 35.9 Å². The number of carboxylic acids is 1. The SMILES string of the molecule is CC(C)C(N)C(=O)N1CCCC1C(=O)N1CCCC1C(=O)NC(Cc1ccccc1)C(=O)O. The van der Waals surface area contributed by atoms with Crippen molar-refractivity contribution in [1.82, 2.24) is 15.1 Å². The first-order valence-electron chi connectivity index (χ1n) is 11.6. The Labute approximate surface area is 194 Å². The lowest BCUT2D eigenvalue weighted by atomic mass is 10.0. The minimum atomic E-state index is -1.13. The smallest absolute Gasteiger partial charge is 0.326 e. The van der Waals surface area contributed by atoms with E-state index in [0.717, 1.165) is 5.56 Å². The van der Waals surface area contributed by atoms with Gasteiger partial charge in [0, 0.05) is 19.5 Å². The number of benzene rings is 1. The summed E-state index contributed by atoms with van der Waals surface area (Å²) in [5.74, 6) is -2.15. The number of carboxylic acid groups (broad SMARTS) is 1. The fourth-order valence-corrected chi connectivity index (χ4v) is 4.58. The maximum atomic E-state index is 13.4. The lowest BCUT2D eigenvalue weighted by Crippen LogP contribution is -2.57. The number of nitrogens with one attached hydrogen (secondary N) is 1. The first-order chi connectivity index (χ1) is 15.7. The van der Waals surface area contributed by atoms with Crippen LogP contribution in [0.15, 0.2) is 30.3 Å². The summed E-state index contributed by atoms with van der Waals surface area (Å²) in [6.45, 7) is 4.61. The number of rotatable bonds is 8. The van der Waals surface area contributed by atoms with Crippen LogP contribution in [0.3, 0.4) is 0 Å². The summed E-state index contributed by atoms with van der Waals surface area (Å²) in [5.41, 5.74) is 6.84. The highest BCUT2D eigenvalue weighted by atomic mass is 16.4. The minimum absolute atomic E-state index is 0.0447. The number of carbonyl (C=O) groups excluding carboxylic acids is 3. The van der Waals surface area contributed by atoms with Gasteiger partial charge in [0.15, 0.2) is 0 Å². The zero-order valence-electron chi connectivity index (χ0n) is 19.3. The lowest BCUT2D eigenvalue weighted by molar-refractivity contribution is -0.148. The van der Waals surface area contributed by atoms with Crippen LogP contribution in [0.2, 0.25) is 0 Å². The van der Waals surface area contributed by atoms with Gasteiger partial charge >= 0.3 is 5.97 Å². The number of hydrogen-bond acceptors (Lipinski definition) is 5. The Morgan fingerprint density at radius 1 is 1.03 bits per heavy atom. The van der Waals surface area contributed by atoms with Gasteiger partial charge in [0.2, 0.25) is 17.7 Å². The summed E-state index contributed by atoms with van der Waals surface area (Å²) in [7, 11) is 0. The van der Waals surface area contributed by atoms with E-state index in [0.29, 0.717) is 38.8 Å². The van der Waals surface area contributed by atoms with Crippen molar-refractivity contribution in [2.45, 2.75) is 70.1 Å². The van der Waals surface area contributed by atoms with Gasteiger partial charge in [0.05, 0.1) is 6.04 Å². The van der Waals surface area contributed by atoms with Gasteiger partial charge in [0.25, 0.3) is 0 Å². The molecule has 2 saturated heterocycles. The predicted octanol–water partition coefficient (Wildman–Crippen LogP) is 0.764. The molecular formula is C24H34N4O5. The van der Waals surface area contributed by atoms with E-state index in [1.54, 1.807) is 17.0 Å². The molecule has 0 radical (unpaired) electrons. The fourth-order valence-electron chi connectivity index (χ4n) is 4.58. The molecule has 4 unspecified atom stereocenters. The van der Waals surface area contributed by atoms with E-state index in [-0.39, 0.29) is 24.2 Å². The normalized spacial score (nSPS) is 22.3. The summed E-state index contributed by atoms with van der Waals surface area (Å²) in [6, 6.07) is 5.94. The molecule has 9 heteroatoms. The summed E-state index contributed by atoms with van der Waals surface area (Å²) in [5, 5.41) is 12.2. The standard InChI is InChI=1S/C24H34N4O5/c1-15(2)20(25)23(31)28-13-7-11-19(28)22(30)27-12-6-10-18(27)21(29)26-17(24(32)33)14-16-8-4-3-5-9-16/h3-5,8-9,15,17-20H,6-7,10-14,25H2,1-2H3,(H,26,29)(H,32,33). The Bertz CT molecular complexity index is 875. The molecule has 9 nitrogen and oxygen atoms in total. The van der Waals surface area contributed by atoms with E-state index in [9.17, 15) is 24.3 Å². The zero-order valence-corrected chi connectivity index (χ0v) is 19.3. The molecule has 2 aliphatic rings. The molecule has 1 aromatic rings. The Morgan fingerprint density at radius 2 is 1.64 bits per heavy atom. The van der Waals surface area contributed by atoms with Crippen molar-refractivity contribution in [1.29, 1.82) is 0 Å². The number of aliphatic carboxylic acids is 1. The third-order valence-electron chi connectivity index (χ3n) is 6.56. The van der Waals surface area contributed by atoms with Crippen LogP contribution in [-0.4, -0.2) is 75.9 Å². The van der Waals surface area contributed by atoms with Crippen molar-refractivity contribution < 1.29 is 24.3 Å². The molecule has 1 aromatic carbocycles. The van der Waals surface area contributed by atoms with Gasteiger partial charge in [-0.15, -0.1) is 0 Å². The molecule has 2 heterocycles. The van der Waals surface area contributed by atoms with Crippen LogP contribution in [0.1, 0.15) is 45.1 Å². The van der Waals surface area contributed by atoms with Gasteiger partial charge in [-0.2, -0.15) is 0 Å². The number of nitrogens with two attached hydrogens (primary N) is 1. The predicted molar refractivity (Wildman–Crippen MR) is 122 cm³/mol. The highest BCUT2D eigenvalue weighted by Crippen LogP contribution is 2.26. The van der Waals surface area contributed by atoms with Gasteiger partial charge in [-0.25, -0.2) is 4.79 Å². The number of carbonyl (C=O) groups is 4. The van der Waals surface area contributed by atoms with Crippen LogP contribution < -0.4 is 11.1 Å². The van der Waals surface area contributed by atoms with Gasteiger partial charge in [-0.1, -0.05) is 44.2 Å². The third kappa shape index (κ3) is 5.71. The van der Waals surface area contributed by atoms with Crippen LogP contribution in [-0.2, 0) is 25.6 Å². The molecule has 0 spiro atoms. The van der Waals surface area contributed by atoms with Gasteiger partial charge in [-0.05, 0) is 37.2 Å².